The molecule has 2 aromatic rings. The number of morpholine rings is 2. The SMILES string of the molecule is S=C(/C(=C(\Cc1ccccc1)N1CCOCC1)c1ccccc1)N1CCOCC1. The Morgan fingerprint density at radius 1 is 0.724 bits per heavy atom. The van der Waals surface area contributed by atoms with Gasteiger partial charge in [-0.1, -0.05) is 72.9 Å². The highest BCUT2D eigenvalue weighted by Crippen LogP contribution is 2.28. The number of thiocarbonyl (C=S) groups is 1. The summed E-state index contributed by atoms with van der Waals surface area (Å²) in [5, 5.41) is 0. The number of ether oxygens (including phenoxy) is 2. The second-order valence-electron chi connectivity index (χ2n) is 7.35. The van der Waals surface area contributed by atoms with E-state index in [1.54, 1.807) is 0 Å². The van der Waals surface area contributed by atoms with Crippen LogP contribution in [0.5, 0.6) is 0 Å². The molecule has 0 aliphatic carbocycles. The van der Waals surface area contributed by atoms with E-state index in [9.17, 15) is 0 Å². The number of hydrogen-bond donors (Lipinski definition) is 0. The summed E-state index contributed by atoms with van der Waals surface area (Å²) in [5.74, 6) is 0. The molecule has 4 nitrogen and oxygen atoms in total. The Morgan fingerprint density at radius 3 is 1.83 bits per heavy atom. The van der Waals surface area contributed by atoms with Crippen molar-refractivity contribution in [1.29, 1.82) is 0 Å². The molecular weight excluding hydrogens is 380 g/mol. The van der Waals surface area contributed by atoms with Crippen LogP contribution in [0, 0.1) is 0 Å². The Balaban J connectivity index is 1.80. The van der Waals surface area contributed by atoms with E-state index >= 15 is 0 Å². The molecule has 29 heavy (non-hydrogen) atoms. The summed E-state index contributed by atoms with van der Waals surface area (Å²) in [6.07, 6.45) is 0.857. The number of rotatable bonds is 5. The van der Waals surface area contributed by atoms with E-state index in [0.29, 0.717) is 0 Å². The summed E-state index contributed by atoms with van der Waals surface area (Å²) >= 11 is 6.09. The largest absolute Gasteiger partial charge is 0.378 e. The standard InChI is InChI=1S/C24H28N2O2S/c29-24(26-13-17-28-18-14-26)23(21-9-5-2-6-10-21)22(25-11-15-27-16-12-25)19-20-7-3-1-4-8-20/h1-10H,11-19H2/b23-22+. The molecule has 0 N–H and O–H groups in total. The molecule has 0 amide bonds. The van der Waals surface area contributed by atoms with Crippen LogP contribution in [0.1, 0.15) is 11.1 Å². The second-order valence-corrected chi connectivity index (χ2v) is 7.74. The summed E-state index contributed by atoms with van der Waals surface area (Å²) < 4.78 is 11.2. The first-order valence-corrected chi connectivity index (χ1v) is 10.8. The van der Waals surface area contributed by atoms with Crippen molar-refractivity contribution in [2.75, 3.05) is 52.6 Å². The molecule has 4 rings (SSSR count). The van der Waals surface area contributed by atoms with Gasteiger partial charge in [0.05, 0.1) is 26.4 Å². The van der Waals surface area contributed by atoms with Gasteiger partial charge in [0.15, 0.2) is 0 Å². The van der Waals surface area contributed by atoms with Gasteiger partial charge in [-0.2, -0.15) is 0 Å². The van der Waals surface area contributed by atoms with Crippen LogP contribution in [-0.2, 0) is 15.9 Å². The predicted octanol–water partition coefficient (Wildman–Crippen LogP) is 3.63. The maximum atomic E-state index is 6.09. The molecule has 2 heterocycles. The topological polar surface area (TPSA) is 24.9 Å². The molecule has 0 aromatic heterocycles. The average Bonchev–Trinajstić information content (AvgIpc) is 2.81. The first-order valence-electron chi connectivity index (χ1n) is 10.3. The molecule has 0 unspecified atom stereocenters. The highest BCUT2D eigenvalue weighted by molar-refractivity contribution is 7.81. The van der Waals surface area contributed by atoms with Crippen LogP contribution in [0.25, 0.3) is 5.57 Å². The number of nitrogens with zero attached hydrogens (tertiary/aromatic N) is 2. The van der Waals surface area contributed by atoms with Crippen LogP contribution in [0.4, 0.5) is 0 Å². The molecule has 2 saturated heterocycles. The summed E-state index contributed by atoms with van der Waals surface area (Å²) in [7, 11) is 0. The minimum Gasteiger partial charge on any atom is -0.378 e. The summed E-state index contributed by atoms with van der Waals surface area (Å²) in [4.78, 5) is 5.69. The van der Waals surface area contributed by atoms with Crippen LogP contribution >= 0.6 is 12.2 Å². The van der Waals surface area contributed by atoms with Crippen molar-refractivity contribution in [2.45, 2.75) is 6.42 Å². The van der Waals surface area contributed by atoms with E-state index in [1.807, 2.05) is 0 Å². The third-order valence-corrected chi connectivity index (χ3v) is 5.93. The number of allylic oxidation sites excluding steroid dienone is 1. The average molecular weight is 409 g/mol. The Kier molecular flexibility index (Phi) is 6.93. The fourth-order valence-electron chi connectivity index (χ4n) is 3.92. The zero-order chi connectivity index (χ0) is 19.9. The van der Waals surface area contributed by atoms with Crippen molar-refractivity contribution in [3.05, 3.63) is 77.5 Å². The van der Waals surface area contributed by atoms with Crippen LogP contribution in [0.15, 0.2) is 66.4 Å². The van der Waals surface area contributed by atoms with Gasteiger partial charge in [0.25, 0.3) is 0 Å². The zero-order valence-electron chi connectivity index (χ0n) is 16.8. The van der Waals surface area contributed by atoms with E-state index in [2.05, 4.69) is 70.5 Å². The van der Waals surface area contributed by atoms with Gasteiger partial charge in [0.1, 0.15) is 4.99 Å². The van der Waals surface area contributed by atoms with Gasteiger partial charge in [-0.3, -0.25) is 0 Å². The van der Waals surface area contributed by atoms with Gasteiger partial charge >= 0.3 is 0 Å². The molecule has 2 aromatic carbocycles. The van der Waals surface area contributed by atoms with E-state index < -0.39 is 0 Å². The third kappa shape index (κ3) is 5.04. The van der Waals surface area contributed by atoms with Crippen molar-refractivity contribution in [2.24, 2.45) is 0 Å². The number of benzene rings is 2. The second kappa shape index (κ2) is 10.0. The molecule has 2 fully saturated rings. The summed E-state index contributed by atoms with van der Waals surface area (Å²) in [6.45, 7) is 6.44. The lowest BCUT2D eigenvalue weighted by atomic mass is 9.97. The van der Waals surface area contributed by atoms with Gasteiger partial charge < -0.3 is 19.3 Å². The highest BCUT2D eigenvalue weighted by atomic mass is 32.1. The quantitative estimate of drug-likeness (QED) is 0.556. The van der Waals surface area contributed by atoms with Gasteiger partial charge in [0, 0.05) is 43.9 Å². The van der Waals surface area contributed by atoms with E-state index in [4.69, 9.17) is 21.7 Å². The van der Waals surface area contributed by atoms with Crippen molar-refractivity contribution >= 4 is 22.8 Å². The zero-order valence-corrected chi connectivity index (χ0v) is 17.6. The molecule has 0 radical (unpaired) electrons. The number of hydrogen-bond acceptors (Lipinski definition) is 4. The fourth-order valence-corrected chi connectivity index (χ4v) is 4.34. The minimum atomic E-state index is 0.730. The molecule has 0 bridgehead atoms. The van der Waals surface area contributed by atoms with Crippen molar-refractivity contribution in [3.63, 3.8) is 0 Å². The Morgan fingerprint density at radius 2 is 1.24 bits per heavy atom. The van der Waals surface area contributed by atoms with E-state index in [1.165, 1.54) is 22.4 Å². The summed E-state index contributed by atoms with van der Waals surface area (Å²) in [5.41, 5.74) is 4.95. The van der Waals surface area contributed by atoms with Crippen molar-refractivity contribution in [3.8, 4) is 0 Å². The lowest BCUT2D eigenvalue weighted by Gasteiger charge is -2.36. The van der Waals surface area contributed by atoms with Gasteiger partial charge in [0.2, 0.25) is 0 Å². The molecule has 152 valence electrons. The monoisotopic (exact) mass is 408 g/mol. The molecule has 0 atom stereocenters. The van der Waals surface area contributed by atoms with Crippen LogP contribution < -0.4 is 0 Å². The van der Waals surface area contributed by atoms with Crippen molar-refractivity contribution < 1.29 is 9.47 Å². The Bertz CT molecular complexity index is 826. The molecule has 0 spiro atoms. The minimum absolute atomic E-state index is 0.730. The lowest BCUT2D eigenvalue weighted by molar-refractivity contribution is 0.0529. The summed E-state index contributed by atoms with van der Waals surface area (Å²) in [6, 6.07) is 21.3. The first kappa shape index (κ1) is 20.1. The van der Waals surface area contributed by atoms with E-state index in [-0.39, 0.29) is 0 Å². The fraction of sp³-hybridized carbons (Fsp3) is 0.375. The normalized spacial score (nSPS) is 18.3. The maximum absolute atomic E-state index is 6.09. The van der Waals surface area contributed by atoms with Crippen LogP contribution in [-0.4, -0.2) is 67.4 Å². The van der Waals surface area contributed by atoms with Gasteiger partial charge in [-0.25, -0.2) is 0 Å². The predicted molar refractivity (Wildman–Crippen MR) is 121 cm³/mol. The van der Waals surface area contributed by atoms with Crippen LogP contribution in [0.2, 0.25) is 0 Å². The lowest BCUT2D eigenvalue weighted by Crippen LogP contribution is -2.42. The molecule has 5 heteroatoms. The van der Waals surface area contributed by atoms with E-state index in [0.717, 1.165) is 64.0 Å². The third-order valence-electron chi connectivity index (χ3n) is 5.47. The van der Waals surface area contributed by atoms with Gasteiger partial charge in [-0.05, 0) is 11.1 Å². The molecule has 2 aliphatic heterocycles. The van der Waals surface area contributed by atoms with Crippen LogP contribution in [0.3, 0.4) is 0 Å². The maximum Gasteiger partial charge on any atom is 0.111 e. The first-order chi connectivity index (χ1) is 14.3. The smallest absolute Gasteiger partial charge is 0.111 e. The molecule has 2 aliphatic rings. The van der Waals surface area contributed by atoms with Crippen molar-refractivity contribution in [1.82, 2.24) is 9.80 Å². The molecule has 0 saturated carbocycles. The Hall–Kier alpha value is -2.21. The Labute approximate surface area is 178 Å². The molecular formula is C24H28N2O2S. The van der Waals surface area contributed by atoms with Gasteiger partial charge in [-0.15, -0.1) is 0 Å². The highest BCUT2D eigenvalue weighted by Gasteiger charge is 2.25.